The molecular formula is C16H26N2O. The van der Waals surface area contributed by atoms with Gasteiger partial charge in [-0.05, 0) is 31.1 Å². The molecule has 0 amide bonds. The Kier molecular flexibility index (Phi) is 5.37. The van der Waals surface area contributed by atoms with Gasteiger partial charge in [-0.2, -0.15) is 0 Å². The third-order valence-corrected chi connectivity index (χ3v) is 3.95. The minimum atomic E-state index is 0.242. The number of benzene rings is 1. The van der Waals surface area contributed by atoms with Gasteiger partial charge in [0.15, 0.2) is 0 Å². The van der Waals surface area contributed by atoms with Crippen LogP contribution in [-0.4, -0.2) is 44.3 Å². The summed E-state index contributed by atoms with van der Waals surface area (Å²) < 4.78 is 6.01. The molecule has 0 bridgehead atoms. The van der Waals surface area contributed by atoms with Gasteiger partial charge in [0.1, 0.15) is 0 Å². The average molecular weight is 262 g/mol. The lowest BCUT2D eigenvalue weighted by Gasteiger charge is -2.40. The summed E-state index contributed by atoms with van der Waals surface area (Å²) in [5.41, 5.74) is 2.86. The summed E-state index contributed by atoms with van der Waals surface area (Å²) in [6, 6.07) is 9.13. The topological polar surface area (TPSA) is 24.5 Å². The lowest BCUT2D eigenvalue weighted by Crippen LogP contribution is -2.47. The van der Waals surface area contributed by atoms with Crippen LogP contribution in [-0.2, 0) is 11.2 Å². The normalized spacial score (nSPS) is 24.6. The molecule has 1 heterocycles. The summed E-state index contributed by atoms with van der Waals surface area (Å²) in [5.74, 6) is 0. The highest BCUT2D eigenvalue weighted by atomic mass is 16.5. The average Bonchev–Trinajstić information content (AvgIpc) is 2.45. The molecule has 1 saturated heterocycles. The maximum atomic E-state index is 6.01. The van der Waals surface area contributed by atoms with Crippen LogP contribution in [0.2, 0.25) is 0 Å². The first-order chi connectivity index (χ1) is 9.27. The molecule has 1 fully saturated rings. The van der Waals surface area contributed by atoms with Gasteiger partial charge < -0.3 is 10.1 Å². The van der Waals surface area contributed by atoms with Crippen molar-refractivity contribution >= 4 is 0 Å². The summed E-state index contributed by atoms with van der Waals surface area (Å²) in [4.78, 5) is 2.43. The molecule has 19 heavy (non-hydrogen) atoms. The summed E-state index contributed by atoms with van der Waals surface area (Å²) >= 11 is 0. The van der Waals surface area contributed by atoms with Gasteiger partial charge >= 0.3 is 0 Å². The second-order valence-electron chi connectivity index (χ2n) is 5.19. The molecule has 2 rings (SSSR count). The first-order valence-electron chi connectivity index (χ1n) is 7.38. The predicted octanol–water partition coefficient (Wildman–Crippen LogP) is 2.23. The SMILES string of the molecule is CCNCC1OCCN(C)C1c1ccccc1CC. The van der Waals surface area contributed by atoms with Crippen molar-refractivity contribution < 1.29 is 4.74 Å². The van der Waals surface area contributed by atoms with E-state index in [9.17, 15) is 0 Å². The number of likely N-dealkylation sites (N-methyl/N-ethyl adjacent to an activating group) is 2. The van der Waals surface area contributed by atoms with Crippen LogP contribution >= 0.6 is 0 Å². The van der Waals surface area contributed by atoms with Gasteiger partial charge in [0.05, 0.1) is 18.8 Å². The van der Waals surface area contributed by atoms with E-state index in [4.69, 9.17) is 4.74 Å². The highest BCUT2D eigenvalue weighted by Crippen LogP contribution is 2.30. The van der Waals surface area contributed by atoms with Crippen LogP contribution in [0.4, 0.5) is 0 Å². The van der Waals surface area contributed by atoms with Crippen molar-refractivity contribution in [3.63, 3.8) is 0 Å². The van der Waals surface area contributed by atoms with Gasteiger partial charge in [-0.15, -0.1) is 0 Å². The van der Waals surface area contributed by atoms with Crippen LogP contribution in [0.3, 0.4) is 0 Å². The van der Waals surface area contributed by atoms with Crippen LogP contribution in [0.15, 0.2) is 24.3 Å². The maximum absolute atomic E-state index is 6.01. The van der Waals surface area contributed by atoms with Crippen LogP contribution in [0.25, 0.3) is 0 Å². The summed E-state index contributed by atoms with van der Waals surface area (Å²) in [7, 11) is 2.21. The minimum absolute atomic E-state index is 0.242. The molecule has 106 valence electrons. The van der Waals surface area contributed by atoms with E-state index in [1.54, 1.807) is 0 Å². The molecule has 1 N–H and O–H groups in total. The van der Waals surface area contributed by atoms with E-state index in [1.165, 1.54) is 11.1 Å². The fourth-order valence-electron chi connectivity index (χ4n) is 2.90. The van der Waals surface area contributed by atoms with Gasteiger partial charge in [-0.3, -0.25) is 4.90 Å². The number of nitrogens with one attached hydrogen (secondary N) is 1. The van der Waals surface area contributed by atoms with Crippen molar-refractivity contribution in [2.24, 2.45) is 0 Å². The van der Waals surface area contributed by atoms with Crippen LogP contribution in [0, 0.1) is 0 Å². The Morgan fingerprint density at radius 2 is 2.11 bits per heavy atom. The van der Waals surface area contributed by atoms with Crippen molar-refractivity contribution in [2.45, 2.75) is 32.4 Å². The fraction of sp³-hybridized carbons (Fsp3) is 0.625. The van der Waals surface area contributed by atoms with Crippen molar-refractivity contribution in [2.75, 3.05) is 33.3 Å². The Balaban J connectivity index is 2.25. The number of hydrogen-bond acceptors (Lipinski definition) is 3. The largest absolute Gasteiger partial charge is 0.374 e. The van der Waals surface area contributed by atoms with Gasteiger partial charge in [-0.25, -0.2) is 0 Å². The highest BCUT2D eigenvalue weighted by molar-refractivity contribution is 5.31. The van der Waals surface area contributed by atoms with E-state index in [1.807, 2.05) is 0 Å². The minimum Gasteiger partial charge on any atom is -0.374 e. The third kappa shape index (κ3) is 3.35. The van der Waals surface area contributed by atoms with Crippen molar-refractivity contribution in [1.29, 1.82) is 0 Å². The molecule has 1 aromatic rings. The quantitative estimate of drug-likeness (QED) is 0.880. The Morgan fingerprint density at radius 3 is 2.84 bits per heavy atom. The van der Waals surface area contributed by atoms with Gasteiger partial charge in [0.25, 0.3) is 0 Å². The zero-order chi connectivity index (χ0) is 13.7. The van der Waals surface area contributed by atoms with E-state index in [0.717, 1.165) is 32.7 Å². The molecule has 0 saturated carbocycles. The van der Waals surface area contributed by atoms with Gasteiger partial charge in [0.2, 0.25) is 0 Å². The number of ether oxygens (including phenoxy) is 1. The molecule has 2 atom stereocenters. The van der Waals surface area contributed by atoms with Crippen LogP contribution < -0.4 is 5.32 Å². The van der Waals surface area contributed by atoms with Crippen molar-refractivity contribution in [1.82, 2.24) is 10.2 Å². The molecule has 0 aliphatic carbocycles. The molecular weight excluding hydrogens is 236 g/mol. The molecule has 3 heteroatoms. The molecule has 0 aromatic heterocycles. The van der Waals surface area contributed by atoms with Crippen molar-refractivity contribution in [3.8, 4) is 0 Å². The van der Waals surface area contributed by atoms with E-state index < -0.39 is 0 Å². The lowest BCUT2D eigenvalue weighted by molar-refractivity contribution is -0.0614. The predicted molar refractivity (Wildman–Crippen MR) is 79.5 cm³/mol. The second-order valence-corrected chi connectivity index (χ2v) is 5.19. The summed E-state index contributed by atoms with van der Waals surface area (Å²) in [6.45, 7) is 8.11. The molecule has 2 unspecified atom stereocenters. The second kappa shape index (κ2) is 7.04. The number of hydrogen-bond donors (Lipinski definition) is 1. The van der Waals surface area contributed by atoms with E-state index in [2.05, 4.69) is 55.4 Å². The highest BCUT2D eigenvalue weighted by Gasteiger charge is 2.32. The Labute approximate surface area is 116 Å². The van der Waals surface area contributed by atoms with E-state index >= 15 is 0 Å². The first-order valence-corrected chi connectivity index (χ1v) is 7.38. The van der Waals surface area contributed by atoms with Gasteiger partial charge in [-0.1, -0.05) is 38.1 Å². The monoisotopic (exact) mass is 262 g/mol. The number of rotatable bonds is 5. The van der Waals surface area contributed by atoms with Crippen LogP contribution in [0.5, 0.6) is 0 Å². The van der Waals surface area contributed by atoms with E-state index in [0.29, 0.717) is 6.04 Å². The lowest BCUT2D eigenvalue weighted by atomic mass is 9.93. The van der Waals surface area contributed by atoms with Crippen LogP contribution in [0.1, 0.15) is 31.0 Å². The Hall–Kier alpha value is -0.900. The standard InChI is InChI=1S/C16H26N2O/c1-4-13-8-6-7-9-14(13)16-15(12-17-5-2)19-11-10-18(16)3/h6-9,15-17H,4-5,10-12H2,1-3H3. The summed E-state index contributed by atoms with van der Waals surface area (Å²) in [6.07, 6.45) is 1.32. The molecule has 0 radical (unpaired) electrons. The third-order valence-electron chi connectivity index (χ3n) is 3.95. The maximum Gasteiger partial charge on any atom is 0.0896 e. The smallest absolute Gasteiger partial charge is 0.0896 e. The number of aryl methyl sites for hydroxylation is 1. The zero-order valence-electron chi connectivity index (χ0n) is 12.4. The molecule has 1 aliphatic rings. The molecule has 3 nitrogen and oxygen atoms in total. The first kappa shape index (κ1) is 14.5. The number of morpholine rings is 1. The zero-order valence-corrected chi connectivity index (χ0v) is 12.4. The summed E-state index contributed by atoms with van der Waals surface area (Å²) in [5, 5.41) is 3.42. The molecule has 1 aromatic carbocycles. The fourth-order valence-corrected chi connectivity index (χ4v) is 2.90. The Morgan fingerprint density at radius 1 is 1.32 bits per heavy atom. The Bertz CT molecular complexity index is 394. The van der Waals surface area contributed by atoms with Crippen molar-refractivity contribution in [3.05, 3.63) is 35.4 Å². The number of nitrogens with zero attached hydrogens (tertiary/aromatic N) is 1. The molecule has 1 aliphatic heterocycles. The molecule has 0 spiro atoms. The van der Waals surface area contributed by atoms with E-state index in [-0.39, 0.29) is 6.10 Å². The van der Waals surface area contributed by atoms with Gasteiger partial charge in [0, 0.05) is 13.1 Å².